The molecule has 0 aliphatic heterocycles. The molecule has 3 rings (SSSR count). The van der Waals surface area contributed by atoms with Crippen LogP contribution < -0.4 is 0 Å². The Hall–Kier alpha value is -3.17. The summed E-state index contributed by atoms with van der Waals surface area (Å²) < 4.78 is 5.19. The largest absolute Gasteiger partial charge is 0.431 e. The van der Waals surface area contributed by atoms with E-state index in [1.165, 1.54) is 12.3 Å². The Labute approximate surface area is 146 Å². The number of hydrogen-bond acceptors (Lipinski definition) is 3. The molecule has 0 amide bonds. The van der Waals surface area contributed by atoms with Crippen LogP contribution in [0.5, 0.6) is 0 Å². The molecule has 0 radical (unpaired) electrons. The van der Waals surface area contributed by atoms with E-state index in [9.17, 15) is 9.90 Å². The molecule has 3 aromatic carbocycles. The van der Waals surface area contributed by atoms with Crippen molar-refractivity contribution in [3.05, 3.63) is 120 Å². The molecule has 0 aromatic heterocycles. The van der Waals surface area contributed by atoms with Gasteiger partial charge in [0.2, 0.25) is 0 Å². The summed E-state index contributed by atoms with van der Waals surface area (Å²) in [5, 5.41) is 11.3. The Balaban J connectivity index is 1.87. The lowest BCUT2D eigenvalue weighted by molar-refractivity contribution is 0.0651. The van der Waals surface area contributed by atoms with Gasteiger partial charge in [0.15, 0.2) is 0 Å². The summed E-state index contributed by atoms with van der Waals surface area (Å²) in [7, 11) is 0. The van der Waals surface area contributed by atoms with Gasteiger partial charge in [0.25, 0.3) is 0 Å². The molecule has 0 saturated carbocycles. The van der Waals surface area contributed by atoms with Gasteiger partial charge in [0.1, 0.15) is 5.60 Å². The number of carbonyl (C=O) groups excluding carboxylic acids is 1. The van der Waals surface area contributed by atoms with E-state index in [-0.39, 0.29) is 0 Å². The third kappa shape index (κ3) is 3.84. The van der Waals surface area contributed by atoms with E-state index in [0.29, 0.717) is 16.7 Å². The lowest BCUT2D eigenvalue weighted by Crippen LogP contribution is -2.24. The number of benzene rings is 3. The maximum atomic E-state index is 12.0. The average molecular weight is 330 g/mol. The van der Waals surface area contributed by atoms with E-state index in [0.717, 1.165) is 0 Å². The smallest absolute Gasteiger partial charge is 0.342 e. The van der Waals surface area contributed by atoms with E-state index in [1.54, 1.807) is 24.3 Å². The molecule has 0 aliphatic carbocycles. The average Bonchev–Trinajstić information content (AvgIpc) is 2.70. The fraction of sp³-hybridized carbons (Fsp3) is 0.0455. The van der Waals surface area contributed by atoms with Crippen LogP contribution in [0.1, 0.15) is 21.5 Å². The Morgan fingerprint density at radius 3 is 1.68 bits per heavy atom. The first kappa shape index (κ1) is 16.7. The van der Waals surface area contributed by atoms with Gasteiger partial charge in [-0.1, -0.05) is 78.9 Å². The molecule has 3 nitrogen and oxygen atoms in total. The molecule has 124 valence electrons. The number of hydrogen-bond donors (Lipinski definition) is 1. The highest BCUT2D eigenvalue weighted by Crippen LogP contribution is 2.31. The highest BCUT2D eigenvalue weighted by Gasteiger charge is 2.28. The molecule has 0 spiro atoms. The van der Waals surface area contributed by atoms with Crippen LogP contribution in [-0.2, 0) is 10.3 Å². The van der Waals surface area contributed by atoms with Crippen LogP contribution in [0.25, 0.3) is 0 Å². The van der Waals surface area contributed by atoms with Crippen LogP contribution >= 0.6 is 0 Å². The topological polar surface area (TPSA) is 46.5 Å². The van der Waals surface area contributed by atoms with Gasteiger partial charge >= 0.3 is 5.97 Å². The lowest BCUT2D eigenvalue weighted by atomic mass is 9.86. The fourth-order valence-corrected chi connectivity index (χ4v) is 2.58. The maximum absolute atomic E-state index is 12.0. The molecule has 0 heterocycles. The number of esters is 1. The molecule has 0 unspecified atom stereocenters. The molecule has 0 bridgehead atoms. The van der Waals surface area contributed by atoms with E-state index in [4.69, 9.17) is 4.74 Å². The second kappa shape index (κ2) is 7.60. The van der Waals surface area contributed by atoms with Crippen LogP contribution in [0.2, 0.25) is 0 Å². The first-order valence-electron chi connectivity index (χ1n) is 7.97. The Bertz CT molecular complexity index is 801. The molecular formula is C22H18O3. The number of rotatable bonds is 5. The SMILES string of the molecule is O=C(O/C=C/C(O)(c1ccccc1)c1ccccc1)c1ccccc1. The summed E-state index contributed by atoms with van der Waals surface area (Å²) in [6, 6.07) is 27.2. The predicted octanol–water partition coefficient (Wildman–Crippen LogP) is 4.29. The summed E-state index contributed by atoms with van der Waals surface area (Å²) in [4.78, 5) is 12.0. The molecule has 0 aliphatic rings. The van der Waals surface area contributed by atoms with Crippen molar-refractivity contribution in [2.24, 2.45) is 0 Å². The van der Waals surface area contributed by atoms with E-state index < -0.39 is 11.6 Å². The highest BCUT2D eigenvalue weighted by atomic mass is 16.5. The van der Waals surface area contributed by atoms with Crippen molar-refractivity contribution in [2.45, 2.75) is 5.60 Å². The van der Waals surface area contributed by atoms with Gasteiger partial charge in [-0.15, -0.1) is 0 Å². The summed E-state index contributed by atoms with van der Waals surface area (Å²) in [6.45, 7) is 0. The fourth-order valence-electron chi connectivity index (χ4n) is 2.58. The second-order valence-electron chi connectivity index (χ2n) is 5.57. The molecular weight excluding hydrogens is 312 g/mol. The predicted molar refractivity (Wildman–Crippen MR) is 96.9 cm³/mol. The maximum Gasteiger partial charge on any atom is 0.342 e. The minimum atomic E-state index is -1.39. The normalized spacial score (nSPS) is 11.4. The van der Waals surface area contributed by atoms with Gasteiger partial charge in [-0.3, -0.25) is 0 Å². The van der Waals surface area contributed by atoms with Crippen molar-refractivity contribution in [2.75, 3.05) is 0 Å². The van der Waals surface area contributed by atoms with Crippen LogP contribution in [0.3, 0.4) is 0 Å². The zero-order valence-electron chi connectivity index (χ0n) is 13.6. The zero-order valence-corrected chi connectivity index (χ0v) is 13.6. The van der Waals surface area contributed by atoms with E-state index >= 15 is 0 Å². The van der Waals surface area contributed by atoms with Crippen LogP contribution in [0.4, 0.5) is 0 Å². The second-order valence-corrected chi connectivity index (χ2v) is 5.57. The quantitative estimate of drug-likeness (QED) is 0.561. The molecule has 0 fully saturated rings. The standard InChI is InChI=1S/C22H18O3/c23-21(18-10-4-1-5-11-18)25-17-16-22(24,19-12-6-2-7-13-19)20-14-8-3-9-15-20/h1-17,24H/b17-16+. The third-order valence-electron chi connectivity index (χ3n) is 3.92. The van der Waals surface area contributed by atoms with Crippen molar-refractivity contribution in [3.8, 4) is 0 Å². The van der Waals surface area contributed by atoms with Crippen molar-refractivity contribution in [3.63, 3.8) is 0 Å². The number of ether oxygens (including phenoxy) is 1. The van der Waals surface area contributed by atoms with Gasteiger partial charge in [-0.25, -0.2) is 4.79 Å². The summed E-state index contributed by atoms with van der Waals surface area (Å²) >= 11 is 0. The molecule has 0 saturated heterocycles. The molecule has 25 heavy (non-hydrogen) atoms. The molecule has 1 N–H and O–H groups in total. The Kier molecular flexibility index (Phi) is 5.07. The number of aliphatic hydroxyl groups is 1. The zero-order chi connectivity index (χ0) is 17.5. The van der Waals surface area contributed by atoms with E-state index in [2.05, 4.69) is 0 Å². The highest BCUT2D eigenvalue weighted by molar-refractivity contribution is 5.89. The van der Waals surface area contributed by atoms with Gasteiger partial charge in [0.05, 0.1) is 11.8 Å². The molecule has 0 atom stereocenters. The Morgan fingerprint density at radius 1 is 0.760 bits per heavy atom. The van der Waals surface area contributed by atoms with Gasteiger partial charge < -0.3 is 9.84 Å². The summed E-state index contributed by atoms with van der Waals surface area (Å²) in [5.74, 6) is -0.472. The molecule has 3 aromatic rings. The third-order valence-corrected chi connectivity index (χ3v) is 3.92. The first-order chi connectivity index (χ1) is 12.2. The van der Waals surface area contributed by atoms with Crippen molar-refractivity contribution in [1.29, 1.82) is 0 Å². The van der Waals surface area contributed by atoms with Crippen molar-refractivity contribution in [1.82, 2.24) is 0 Å². The summed E-state index contributed by atoms with van der Waals surface area (Å²) in [6.07, 6.45) is 2.73. The van der Waals surface area contributed by atoms with Crippen LogP contribution in [0, 0.1) is 0 Å². The lowest BCUT2D eigenvalue weighted by Gasteiger charge is -2.25. The number of carbonyl (C=O) groups is 1. The summed E-state index contributed by atoms with van der Waals surface area (Å²) in [5.41, 5.74) is 0.441. The van der Waals surface area contributed by atoms with Gasteiger partial charge in [-0.2, -0.15) is 0 Å². The minimum absolute atomic E-state index is 0.454. The molecule has 3 heteroatoms. The van der Waals surface area contributed by atoms with E-state index in [1.807, 2.05) is 66.7 Å². The monoisotopic (exact) mass is 330 g/mol. The van der Waals surface area contributed by atoms with Crippen molar-refractivity contribution >= 4 is 5.97 Å². The van der Waals surface area contributed by atoms with Gasteiger partial charge in [-0.05, 0) is 29.3 Å². The van der Waals surface area contributed by atoms with Gasteiger partial charge in [0, 0.05) is 0 Å². The van der Waals surface area contributed by atoms with Crippen LogP contribution in [-0.4, -0.2) is 11.1 Å². The first-order valence-corrected chi connectivity index (χ1v) is 7.97. The minimum Gasteiger partial charge on any atom is -0.431 e. The Morgan fingerprint density at radius 2 is 1.20 bits per heavy atom. The van der Waals surface area contributed by atoms with Crippen molar-refractivity contribution < 1.29 is 14.6 Å². The van der Waals surface area contributed by atoms with Crippen LogP contribution in [0.15, 0.2) is 103 Å².